The second-order valence-corrected chi connectivity index (χ2v) is 0.920. The summed E-state index contributed by atoms with van der Waals surface area (Å²) < 4.78 is 0. The van der Waals surface area contributed by atoms with Crippen LogP contribution in [0.15, 0.2) is 12.7 Å². The molecule has 60 valence electrons. The third kappa shape index (κ3) is 7.46. The standard InChI is InChI=1S/C3H6O7/c1-2-3-5-7-9-10-8-6-4/h2,4H,1,3H2. The zero-order chi connectivity index (χ0) is 7.66. The van der Waals surface area contributed by atoms with Gasteiger partial charge < -0.3 is 0 Å². The van der Waals surface area contributed by atoms with Gasteiger partial charge in [-0.2, -0.15) is 4.89 Å². The highest BCUT2D eigenvalue weighted by atomic mass is 17.9. The first kappa shape index (κ1) is 9.46. The molecule has 0 fully saturated rings. The summed E-state index contributed by atoms with van der Waals surface area (Å²) in [6.07, 6.45) is 1.41. The molecule has 0 aliphatic heterocycles. The second-order valence-electron chi connectivity index (χ2n) is 0.920. The van der Waals surface area contributed by atoms with E-state index in [1.807, 2.05) is 0 Å². The summed E-state index contributed by atoms with van der Waals surface area (Å²) >= 11 is 0. The van der Waals surface area contributed by atoms with Crippen LogP contribution < -0.4 is 0 Å². The highest BCUT2D eigenvalue weighted by Gasteiger charge is 1.88. The van der Waals surface area contributed by atoms with E-state index in [9.17, 15) is 0 Å². The molecular formula is C3H6O7. The first-order valence-corrected chi connectivity index (χ1v) is 2.12. The lowest BCUT2D eigenvalue weighted by Gasteiger charge is -1.95. The Morgan fingerprint density at radius 1 is 1.20 bits per heavy atom. The Kier molecular flexibility index (Phi) is 8.00. The van der Waals surface area contributed by atoms with Gasteiger partial charge in [-0.1, -0.05) is 6.08 Å². The zero-order valence-corrected chi connectivity index (χ0v) is 4.89. The summed E-state index contributed by atoms with van der Waals surface area (Å²) in [5.41, 5.74) is 0. The molecule has 0 amide bonds. The molecule has 7 heteroatoms. The van der Waals surface area contributed by atoms with E-state index in [2.05, 4.69) is 36.7 Å². The van der Waals surface area contributed by atoms with Crippen LogP contribution in [0.1, 0.15) is 0 Å². The van der Waals surface area contributed by atoms with Crippen LogP contribution in [0.4, 0.5) is 0 Å². The molecule has 0 aliphatic carbocycles. The molecule has 0 saturated heterocycles. The van der Waals surface area contributed by atoms with Crippen LogP contribution in [0.5, 0.6) is 0 Å². The van der Waals surface area contributed by atoms with Crippen LogP contribution in [-0.2, 0) is 30.1 Å². The van der Waals surface area contributed by atoms with Gasteiger partial charge in [-0.15, -0.1) is 6.58 Å². The normalized spacial score (nSPS) is 9.70. The molecule has 7 nitrogen and oxygen atoms in total. The average Bonchev–Trinajstić information content (AvgIpc) is 1.97. The summed E-state index contributed by atoms with van der Waals surface area (Å²) in [5, 5.41) is 24.5. The molecule has 0 spiro atoms. The third-order valence-corrected chi connectivity index (χ3v) is 0.348. The molecule has 0 aromatic carbocycles. The minimum atomic E-state index is 0.114. The lowest BCUT2D eigenvalue weighted by Crippen LogP contribution is -1.99. The molecule has 0 aromatic heterocycles. The SMILES string of the molecule is C=CCOOOOOOO. The van der Waals surface area contributed by atoms with Crippen molar-refractivity contribution in [1.82, 2.24) is 0 Å². The van der Waals surface area contributed by atoms with E-state index in [-0.39, 0.29) is 6.61 Å². The van der Waals surface area contributed by atoms with Crippen LogP contribution in [0, 0.1) is 0 Å². The fourth-order valence-electron chi connectivity index (χ4n) is 0.131. The smallest absolute Gasteiger partial charge is 0.103 e. The van der Waals surface area contributed by atoms with Gasteiger partial charge in [0, 0.05) is 0 Å². The van der Waals surface area contributed by atoms with Crippen molar-refractivity contribution in [3.05, 3.63) is 12.7 Å². The Morgan fingerprint density at radius 3 is 2.50 bits per heavy atom. The Balaban J connectivity index is 2.70. The molecule has 1 N–H and O–H groups in total. The van der Waals surface area contributed by atoms with E-state index >= 15 is 0 Å². The second kappa shape index (κ2) is 8.46. The van der Waals surface area contributed by atoms with Crippen molar-refractivity contribution < 1.29 is 35.3 Å². The van der Waals surface area contributed by atoms with E-state index in [0.29, 0.717) is 0 Å². The molecule has 0 saturated carbocycles. The van der Waals surface area contributed by atoms with Crippen molar-refractivity contribution in [3.63, 3.8) is 0 Å². The van der Waals surface area contributed by atoms with Crippen molar-refractivity contribution >= 4 is 0 Å². The van der Waals surface area contributed by atoms with Crippen molar-refractivity contribution in [2.75, 3.05) is 6.61 Å². The van der Waals surface area contributed by atoms with E-state index < -0.39 is 0 Å². The number of rotatable bonds is 7. The summed E-state index contributed by atoms with van der Waals surface area (Å²) in [6, 6.07) is 0. The Morgan fingerprint density at radius 2 is 1.90 bits per heavy atom. The maximum absolute atomic E-state index is 7.43. The molecule has 0 aliphatic rings. The summed E-state index contributed by atoms with van der Waals surface area (Å²) in [7, 11) is 0. The number of hydrogen-bond acceptors (Lipinski definition) is 7. The predicted octanol–water partition coefficient (Wildman–Crippen LogP) is 0.320. The van der Waals surface area contributed by atoms with Gasteiger partial charge >= 0.3 is 0 Å². The molecule has 0 rings (SSSR count). The maximum Gasteiger partial charge on any atom is 0.103 e. The lowest BCUT2D eigenvalue weighted by atomic mass is 10.7. The summed E-state index contributed by atoms with van der Waals surface area (Å²) in [6.45, 7) is 3.41. The van der Waals surface area contributed by atoms with E-state index in [0.717, 1.165) is 0 Å². The van der Waals surface area contributed by atoms with Gasteiger partial charge in [0.25, 0.3) is 0 Å². The summed E-state index contributed by atoms with van der Waals surface area (Å²) in [4.78, 5) is 4.15. The van der Waals surface area contributed by atoms with Crippen molar-refractivity contribution in [2.24, 2.45) is 0 Å². The topological polar surface area (TPSA) is 75.6 Å². The molecule has 0 radical (unpaired) electrons. The van der Waals surface area contributed by atoms with Crippen LogP contribution in [-0.4, -0.2) is 11.9 Å². The van der Waals surface area contributed by atoms with Gasteiger partial charge in [0.15, 0.2) is 0 Å². The van der Waals surface area contributed by atoms with Crippen molar-refractivity contribution in [1.29, 1.82) is 0 Å². The highest BCUT2D eigenvalue weighted by Crippen LogP contribution is 1.84. The van der Waals surface area contributed by atoms with Gasteiger partial charge in [0.05, 0.1) is 0 Å². The monoisotopic (exact) mass is 154 g/mol. The van der Waals surface area contributed by atoms with Crippen LogP contribution >= 0.6 is 0 Å². The van der Waals surface area contributed by atoms with Crippen LogP contribution in [0.2, 0.25) is 0 Å². The summed E-state index contributed by atoms with van der Waals surface area (Å²) in [5.74, 6) is 0. The van der Waals surface area contributed by atoms with Gasteiger partial charge in [0.2, 0.25) is 0 Å². The molecule has 0 aromatic rings. The van der Waals surface area contributed by atoms with Crippen LogP contribution in [0.3, 0.4) is 0 Å². The minimum Gasteiger partial charge on any atom is -0.219 e. The number of hydrogen-bond donors (Lipinski definition) is 1. The Bertz CT molecular complexity index is 73.3. The Labute approximate surface area is 55.8 Å². The third-order valence-electron chi connectivity index (χ3n) is 0.348. The molecular weight excluding hydrogens is 148 g/mol. The van der Waals surface area contributed by atoms with Gasteiger partial charge in [-0.3, -0.25) is 0 Å². The fourth-order valence-corrected chi connectivity index (χ4v) is 0.131. The quantitative estimate of drug-likeness (QED) is 0.245. The molecule has 0 bridgehead atoms. The maximum atomic E-state index is 7.43. The largest absolute Gasteiger partial charge is 0.219 e. The first-order valence-electron chi connectivity index (χ1n) is 2.12. The van der Waals surface area contributed by atoms with Crippen molar-refractivity contribution in [2.45, 2.75) is 0 Å². The first-order chi connectivity index (χ1) is 4.91. The van der Waals surface area contributed by atoms with Crippen molar-refractivity contribution in [3.8, 4) is 0 Å². The van der Waals surface area contributed by atoms with E-state index in [1.54, 1.807) is 0 Å². The molecule has 10 heavy (non-hydrogen) atoms. The predicted molar refractivity (Wildman–Crippen MR) is 24.2 cm³/mol. The lowest BCUT2D eigenvalue weighted by molar-refractivity contribution is -0.787. The van der Waals surface area contributed by atoms with E-state index in [1.165, 1.54) is 6.08 Å². The zero-order valence-electron chi connectivity index (χ0n) is 4.89. The van der Waals surface area contributed by atoms with Gasteiger partial charge in [-0.25, -0.2) is 5.26 Å². The van der Waals surface area contributed by atoms with Gasteiger partial charge in [0.1, 0.15) is 6.61 Å². The average molecular weight is 154 g/mol. The van der Waals surface area contributed by atoms with E-state index in [4.69, 9.17) is 5.26 Å². The minimum absolute atomic E-state index is 0.114. The molecule has 0 unspecified atom stereocenters. The fraction of sp³-hybridized carbons (Fsp3) is 0.333. The molecule has 0 atom stereocenters. The highest BCUT2D eigenvalue weighted by molar-refractivity contribution is 4.61. The van der Waals surface area contributed by atoms with Gasteiger partial charge in [-0.05, 0) is 25.2 Å². The Hall–Kier alpha value is -0.540. The van der Waals surface area contributed by atoms with Crippen LogP contribution in [0.25, 0.3) is 0 Å². The molecule has 0 heterocycles.